The minimum atomic E-state index is -0.0917. The monoisotopic (exact) mass is 420 g/mol. The van der Waals surface area contributed by atoms with E-state index in [1.54, 1.807) is 11.3 Å². The third-order valence-electron chi connectivity index (χ3n) is 3.48. The predicted molar refractivity (Wildman–Crippen MR) is 101 cm³/mol. The average molecular weight is 421 g/mol. The minimum absolute atomic E-state index is 0.0917. The van der Waals surface area contributed by atoms with E-state index in [1.165, 1.54) is 0 Å². The number of nitrogens with zero attached hydrogens (tertiary/aromatic N) is 3. The third kappa shape index (κ3) is 4.75. The Balaban J connectivity index is 1.55. The molecule has 3 rings (SSSR count). The second kappa shape index (κ2) is 7.90. The molecule has 0 aliphatic carbocycles. The Kier molecular flexibility index (Phi) is 5.62. The van der Waals surface area contributed by atoms with Crippen molar-refractivity contribution in [1.82, 2.24) is 15.1 Å². The summed E-state index contributed by atoms with van der Waals surface area (Å²) in [6, 6.07) is 9.60. The molecule has 0 bridgehead atoms. The van der Waals surface area contributed by atoms with Crippen molar-refractivity contribution in [2.75, 3.05) is 18.9 Å². The predicted octanol–water partition coefficient (Wildman–Crippen LogP) is 3.94. The lowest BCUT2D eigenvalue weighted by Crippen LogP contribution is -2.30. The summed E-state index contributed by atoms with van der Waals surface area (Å²) in [7, 11) is 1.84. The van der Waals surface area contributed by atoms with Gasteiger partial charge in [-0.15, -0.1) is 21.5 Å². The topological polar surface area (TPSA) is 71.3 Å². The maximum atomic E-state index is 12.2. The summed E-state index contributed by atoms with van der Waals surface area (Å²) in [4.78, 5) is 15.0. The highest BCUT2D eigenvalue weighted by molar-refractivity contribution is 9.10. The van der Waals surface area contributed by atoms with Crippen LogP contribution in [0.4, 0.5) is 5.69 Å². The van der Waals surface area contributed by atoms with Gasteiger partial charge in [0.15, 0.2) is 0 Å². The Morgan fingerprint density at radius 2 is 2.20 bits per heavy atom. The van der Waals surface area contributed by atoms with Crippen LogP contribution in [0.25, 0.3) is 10.8 Å². The number of likely N-dealkylation sites (N-methyl/N-ethyl adjacent to an activating group) is 1. The summed E-state index contributed by atoms with van der Waals surface area (Å²) < 4.78 is 6.62. The number of anilines is 1. The van der Waals surface area contributed by atoms with E-state index in [0.717, 1.165) is 20.6 Å². The van der Waals surface area contributed by atoms with E-state index in [1.807, 2.05) is 54.6 Å². The van der Waals surface area contributed by atoms with Gasteiger partial charge in [0, 0.05) is 10.2 Å². The number of thiophene rings is 1. The van der Waals surface area contributed by atoms with Gasteiger partial charge in [0.25, 0.3) is 5.89 Å². The summed E-state index contributed by atoms with van der Waals surface area (Å²) in [5, 5.41) is 13.0. The van der Waals surface area contributed by atoms with Crippen LogP contribution in [-0.4, -0.2) is 34.6 Å². The van der Waals surface area contributed by atoms with Crippen molar-refractivity contribution < 1.29 is 9.21 Å². The van der Waals surface area contributed by atoms with E-state index in [9.17, 15) is 4.79 Å². The number of hydrogen-bond donors (Lipinski definition) is 1. The van der Waals surface area contributed by atoms with Gasteiger partial charge in [0.1, 0.15) is 0 Å². The first-order valence-electron chi connectivity index (χ1n) is 7.62. The van der Waals surface area contributed by atoms with Crippen LogP contribution in [0.15, 0.2) is 44.6 Å². The smallest absolute Gasteiger partial charge is 0.257 e. The Bertz CT molecular complexity index is 863. The Morgan fingerprint density at radius 3 is 2.92 bits per heavy atom. The molecular formula is C17H17BrN4O2S. The molecule has 1 N–H and O–H groups in total. The molecule has 1 amide bonds. The van der Waals surface area contributed by atoms with Crippen molar-refractivity contribution >= 4 is 38.9 Å². The van der Waals surface area contributed by atoms with Crippen molar-refractivity contribution in [3.8, 4) is 10.8 Å². The quantitative estimate of drug-likeness (QED) is 0.653. The number of halogens is 1. The van der Waals surface area contributed by atoms with Gasteiger partial charge in [-0.2, -0.15) is 0 Å². The molecule has 130 valence electrons. The molecule has 0 aliphatic heterocycles. The number of rotatable bonds is 6. The highest BCUT2D eigenvalue weighted by atomic mass is 79.9. The van der Waals surface area contributed by atoms with Crippen LogP contribution in [0.3, 0.4) is 0 Å². The van der Waals surface area contributed by atoms with Crippen molar-refractivity contribution in [3.63, 3.8) is 0 Å². The van der Waals surface area contributed by atoms with Crippen molar-refractivity contribution in [2.24, 2.45) is 0 Å². The van der Waals surface area contributed by atoms with Crippen LogP contribution >= 0.6 is 27.3 Å². The lowest BCUT2D eigenvalue weighted by Gasteiger charge is -2.15. The van der Waals surface area contributed by atoms with Gasteiger partial charge in [0.2, 0.25) is 11.8 Å². The molecule has 0 saturated carbocycles. The van der Waals surface area contributed by atoms with Crippen LogP contribution < -0.4 is 5.32 Å². The second-order valence-electron chi connectivity index (χ2n) is 5.66. The Labute approximate surface area is 158 Å². The lowest BCUT2D eigenvalue weighted by molar-refractivity contribution is -0.117. The zero-order valence-corrected chi connectivity index (χ0v) is 16.2. The van der Waals surface area contributed by atoms with E-state index in [-0.39, 0.29) is 12.5 Å². The Morgan fingerprint density at radius 1 is 1.36 bits per heavy atom. The van der Waals surface area contributed by atoms with E-state index in [4.69, 9.17) is 4.42 Å². The van der Waals surface area contributed by atoms with Gasteiger partial charge >= 0.3 is 0 Å². The van der Waals surface area contributed by atoms with Gasteiger partial charge < -0.3 is 9.73 Å². The molecule has 0 aliphatic rings. The number of hydrogen-bond acceptors (Lipinski definition) is 6. The van der Waals surface area contributed by atoms with Crippen molar-refractivity contribution in [3.05, 3.63) is 51.6 Å². The second-order valence-corrected chi connectivity index (χ2v) is 7.52. The molecule has 0 fully saturated rings. The molecule has 1 aromatic carbocycles. The summed E-state index contributed by atoms with van der Waals surface area (Å²) in [6.45, 7) is 2.59. The van der Waals surface area contributed by atoms with Gasteiger partial charge in [-0.05, 0) is 49.2 Å². The van der Waals surface area contributed by atoms with Gasteiger partial charge in [0.05, 0.1) is 18.0 Å². The molecule has 2 aromatic heterocycles. The number of aryl methyl sites for hydroxylation is 1. The zero-order valence-electron chi connectivity index (χ0n) is 13.8. The standard InChI is InChI=1S/C17H17BrN4O2S/c1-11-8-12(18)5-6-13(11)19-15(23)9-22(2)10-16-20-21-17(24-16)14-4-3-7-25-14/h3-8H,9-10H2,1-2H3,(H,19,23). The number of amides is 1. The molecule has 6 nitrogen and oxygen atoms in total. The molecule has 25 heavy (non-hydrogen) atoms. The third-order valence-corrected chi connectivity index (χ3v) is 4.83. The highest BCUT2D eigenvalue weighted by Gasteiger charge is 2.14. The molecule has 0 saturated heterocycles. The summed E-state index contributed by atoms with van der Waals surface area (Å²) in [5.41, 5.74) is 1.81. The first kappa shape index (κ1) is 17.8. The van der Waals surface area contributed by atoms with Crippen LogP contribution in [0, 0.1) is 6.92 Å². The van der Waals surface area contributed by atoms with E-state index < -0.39 is 0 Å². The molecule has 3 aromatic rings. The lowest BCUT2D eigenvalue weighted by atomic mass is 10.2. The molecule has 0 unspecified atom stereocenters. The van der Waals surface area contributed by atoms with E-state index in [2.05, 4.69) is 31.4 Å². The van der Waals surface area contributed by atoms with Gasteiger partial charge in [-0.25, -0.2) is 0 Å². The molecule has 0 spiro atoms. The van der Waals surface area contributed by atoms with Crippen LogP contribution in [-0.2, 0) is 11.3 Å². The molecule has 0 radical (unpaired) electrons. The number of carbonyl (C=O) groups is 1. The Hall–Kier alpha value is -2.03. The fraction of sp³-hybridized carbons (Fsp3) is 0.235. The maximum Gasteiger partial charge on any atom is 0.257 e. The van der Waals surface area contributed by atoms with E-state index in [0.29, 0.717) is 18.3 Å². The maximum absolute atomic E-state index is 12.2. The number of benzene rings is 1. The van der Waals surface area contributed by atoms with Gasteiger partial charge in [-0.3, -0.25) is 9.69 Å². The number of carbonyl (C=O) groups excluding carboxylic acids is 1. The van der Waals surface area contributed by atoms with E-state index >= 15 is 0 Å². The van der Waals surface area contributed by atoms with Gasteiger partial charge in [-0.1, -0.05) is 22.0 Å². The summed E-state index contributed by atoms with van der Waals surface area (Å²) in [6.07, 6.45) is 0. The molecule has 8 heteroatoms. The number of aromatic nitrogens is 2. The normalized spacial score (nSPS) is 11.0. The van der Waals surface area contributed by atoms with Crippen LogP contribution in [0.5, 0.6) is 0 Å². The average Bonchev–Trinajstić information content (AvgIpc) is 3.21. The zero-order chi connectivity index (χ0) is 17.8. The fourth-order valence-corrected chi connectivity index (χ4v) is 3.43. The number of nitrogens with one attached hydrogen (secondary N) is 1. The summed E-state index contributed by atoms with van der Waals surface area (Å²) >= 11 is 4.96. The SMILES string of the molecule is Cc1cc(Br)ccc1NC(=O)CN(C)Cc1nnc(-c2cccs2)o1. The minimum Gasteiger partial charge on any atom is -0.419 e. The first-order chi connectivity index (χ1) is 12.0. The largest absolute Gasteiger partial charge is 0.419 e. The van der Waals surface area contributed by atoms with Crippen LogP contribution in [0.1, 0.15) is 11.5 Å². The summed E-state index contributed by atoms with van der Waals surface area (Å²) in [5.74, 6) is 0.901. The fourth-order valence-electron chi connectivity index (χ4n) is 2.31. The molecule has 0 atom stereocenters. The highest BCUT2D eigenvalue weighted by Crippen LogP contribution is 2.23. The first-order valence-corrected chi connectivity index (χ1v) is 9.29. The molecular weight excluding hydrogens is 404 g/mol. The van der Waals surface area contributed by atoms with Crippen LogP contribution in [0.2, 0.25) is 0 Å². The van der Waals surface area contributed by atoms with Crippen molar-refractivity contribution in [1.29, 1.82) is 0 Å². The molecule has 2 heterocycles. The van der Waals surface area contributed by atoms with Crippen molar-refractivity contribution in [2.45, 2.75) is 13.5 Å².